The molecule has 0 bridgehead atoms. The van der Waals surface area contributed by atoms with E-state index in [1.807, 2.05) is 11.8 Å². The Kier molecular flexibility index (Phi) is 7.33. The normalized spacial score (nSPS) is 15.1. The number of hydrogen-bond donors (Lipinski definition) is 0. The van der Waals surface area contributed by atoms with Crippen LogP contribution in [0, 0.1) is 0 Å². The largest absolute Gasteiger partial charge is 0.457 e. The zero-order valence-corrected chi connectivity index (χ0v) is 29.1. The van der Waals surface area contributed by atoms with Gasteiger partial charge in [-0.25, -0.2) is 0 Å². The van der Waals surface area contributed by atoms with Crippen LogP contribution in [0.3, 0.4) is 0 Å². The molecule has 0 aromatic heterocycles. The van der Waals surface area contributed by atoms with Gasteiger partial charge in [-0.1, -0.05) is 151 Å². The van der Waals surface area contributed by atoms with Crippen molar-refractivity contribution < 1.29 is 4.74 Å². The number of benzene rings is 8. The number of nitrogens with zero attached hydrogens (tertiary/aromatic N) is 1. The maximum absolute atomic E-state index is 6.87. The first-order valence-corrected chi connectivity index (χ1v) is 18.5. The number of fused-ring (bicyclic) bond motifs is 8. The summed E-state index contributed by atoms with van der Waals surface area (Å²) in [5, 5.41) is 0. The highest BCUT2D eigenvalue weighted by Crippen LogP contribution is 2.63. The Labute approximate surface area is 308 Å². The average molecular weight is 684 g/mol. The first-order chi connectivity index (χ1) is 25.8. The van der Waals surface area contributed by atoms with E-state index in [-0.39, 0.29) is 0 Å². The fourth-order valence-electron chi connectivity index (χ4n) is 8.17. The molecule has 2 aliphatic heterocycles. The summed E-state index contributed by atoms with van der Waals surface area (Å²) in [6, 6.07) is 72.0. The third kappa shape index (κ3) is 4.81. The molecule has 8 aromatic carbocycles. The molecule has 8 aromatic rings. The number of rotatable bonds is 5. The summed E-state index contributed by atoms with van der Waals surface area (Å²) in [4.78, 5) is 4.87. The molecule has 0 aliphatic carbocycles. The number of hydrogen-bond acceptors (Lipinski definition) is 3. The molecule has 52 heavy (non-hydrogen) atoms. The molecule has 0 saturated carbocycles. The Morgan fingerprint density at radius 1 is 0.385 bits per heavy atom. The van der Waals surface area contributed by atoms with Crippen LogP contribution in [-0.2, 0) is 5.41 Å². The minimum atomic E-state index is -0.649. The predicted molar refractivity (Wildman–Crippen MR) is 215 cm³/mol. The first kappa shape index (κ1) is 30.5. The maximum Gasteiger partial charge on any atom is 0.132 e. The maximum atomic E-state index is 6.87. The fraction of sp³-hybridized carbons (Fsp3) is 0.0204. The zero-order valence-electron chi connectivity index (χ0n) is 28.3. The van der Waals surface area contributed by atoms with E-state index < -0.39 is 5.41 Å². The van der Waals surface area contributed by atoms with E-state index in [1.165, 1.54) is 43.2 Å². The van der Waals surface area contributed by atoms with E-state index in [4.69, 9.17) is 4.74 Å². The lowest BCUT2D eigenvalue weighted by atomic mass is 9.62. The summed E-state index contributed by atoms with van der Waals surface area (Å²) < 4.78 is 6.87. The molecule has 0 N–H and O–H groups in total. The van der Waals surface area contributed by atoms with Gasteiger partial charge in [0, 0.05) is 38.0 Å². The Hall–Kier alpha value is -6.29. The van der Waals surface area contributed by atoms with Crippen molar-refractivity contribution in [1.82, 2.24) is 0 Å². The van der Waals surface area contributed by atoms with E-state index in [0.717, 1.165) is 39.7 Å². The van der Waals surface area contributed by atoms with Crippen molar-refractivity contribution in [2.24, 2.45) is 0 Å². The molecule has 3 heteroatoms. The van der Waals surface area contributed by atoms with Crippen molar-refractivity contribution in [3.8, 4) is 33.8 Å². The minimum Gasteiger partial charge on any atom is -0.457 e. The highest BCUT2D eigenvalue weighted by Gasteiger charge is 2.51. The van der Waals surface area contributed by atoms with Crippen LogP contribution < -0.4 is 9.64 Å². The van der Waals surface area contributed by atoms with E-state index >= 15 is 0 Å². The van der Waals surface area contributed by atoms with Crippen molar-refractivity contribution in [1.29, 1.82) is 0 Å². The summed E-state index contributed by atoms with van der Waals surface area (Å²) in [6.07, 6.45) is 0. The van der Waals surface area contributed by atoms with Crippen LogP contribution in [0.5, 0.6) is 11.5 Å². The van der Waals surface area contributed by atoms with Crippen LogP contribution in [0.4, 0.5) is 17.1 Å². The van der Waals surface area contributed by atoms with Gasteiger partial charge >= 0.3 is 0 Å². The second-order valence-corrected chi connectivity index (χ2v) is 14.3. The Morgan fingerprint density at radius 3 is 1.71 bits per heavy atom. The van der Waals surface area contributed by atoms with Crippen LogP contribution >= 0.6 is 11.8 Å². The second kappa shape index (κ2) is 12.5. The van der Waals surface area contributed by atoms with Gasteiger partial charge in [0.15, 0.2) is 0 Å². The van der Waals surface area contributed by atoms with Crippen LogP contribution in [0.1, 0.15) is 22.3 Å². The van der Waals surface area contributed by atoms with Gasteiger partial charge in [-0.15, -0.1) is 0 Å². The Balaban J connectivity index is 1.26. The lowest BCUT2D eigenvalue weighted by molar-refractivity contribution is 0.431. The summed E-state index contributed by atoms with van der Waals surface area (Å²) in [5.74, 6) is 1.75. The molecular formula is C49H33NOS. The Morgan fingerprint density at radius 2 is 0.942 bits per heavy atom. The van der Waals surface area contributed by atoms with E-state index in [1.54, 1.807) is 0 Å². The third-order valence-corrected chi connectivity index (χ3v) is 11.5. The predicted octanol–water partition coefficient (Wildman–Crippen LogP) is 13.4. The van der Waals surface area contributed by atoms with Gasteiger partial charge in [-0.2, -0.15) is 0 Å². The lowest BCUT2D eigenvalue weighted by Crippen LogP contribution is -2.37. The molecule has 0 fully saturated rings. The highest BCUT2D eigenvalue weighted by molar-refractivity contribution is 7.99. The van der Waals surface area contributed by atoms with Crippen molar-refractivity contribution in [2.45, 2.75) is 15.2 Å². The molecule has 2 heterocycles. The van der Waals surface area contributed by atoms with Crippen LogP contribution in [0.15, 0.2) is 210 Å². The smallest absolute Gasteiger partial charge is 0.132 e. The molecule has 2 aliphatic rings. The van der Waals surface area contributed by atoms with Crippen molar-refractivity contribution >= 4 is 28.8 Å². The van der Waals surface area contributed by atoms with Gasteiger partial charge in [0.05, 0.1) is 5.41 Å². The molecular weight excluding hydrogens is 651 g/mol. The van der Waals surface area contributed by atoms with E-state index in [9.17, 15) is 0 Å². The van der Waals surface area contributed by atoms with Crippen molar-refractivity contribution in [3.05, 3.63) is 222 Å². The van der Waals surface area contributed by atoms with Crippen molar-refractivity contribution in [2.75, 3.05) is 4.90 Å². The molecule has 10 rings (SSSR count). The SMILES string of the molecule is c1ccc(-c2ccc(N(c3ccccc3)c3ccc4c(c3)C3(c5ccccc5O4)c4ccccc4Sc4cccc(-c5ccccc5)c43)cc2)cc1. The summed E-state index contributed by atoms with van der Waals surface area (Å²) in [7, 11) is 0. The Bertz CT molecular complexity index is 2530. The van der Waals surface area contributed by atoms with Crippen LogP contribution in [0.25, 0.3) is 22.3 Å². The lowest BCUT2D eigenvalue weighted by Gasteiger charge is -2.46. The molecule has 0 radical (unpaired) electrons. The van der Waals surface area contributed by atoms with Gasteiger partial charge in [-0.3, -0.25) is 0 Å². The highest BCUT2D eigenvalue weighted by atomic mass is 32.2. The molecule has 2 nitrogen and oxygen atoms in total. The average Bonchev–Trinajstić information content (AvgIpc) is 3.22. The van der Waals surface area contributed by atoms with E-state index in [2.05, 4.69) is 205 Å². The fourth-order valence-corrected chi connectivity index (χ4v) is 9.39. The van der Waals surface area contributed by atoms with Gasteiger partial charge in [0.2, 0.25) is 0 Å². The first-order valence-electron chi connectivity index (χ1n) is 17.7. The third-order valence-electron chi connectivity index (χ3n) is 10.4. The summed E-state index contributed by atoms with van der Waals surface area (Å²) in [5.41, 5.74) is 12.2. The molecule has 0 saturated heterocycles. The van der Waals surface area contributed by atoms with Crippen molar-refractivity contribution in [3.63, 3.8) is 0 Å². The van der Waals surface area contributed by atoms with Gasteiger partial charge in [0.25, 0.3) is 0 Å². The monoisotopic (exact) mass is 683 g/mol. The molecule has 0 amide bonds. The number of anilines is 3. The quantitative estimate of drug-likeness (QED) is 0.179. The minimum absolute atomic E-state index is 0.649. The van der Waals surface area contributed by atoms with Crippen LogP contribution in [0.2, 0.25) is 0 Å². The summed E-state index contributed by atoms with van der Waals surface area (Å²) in [6.45, 7) is 0. The van der Waals surface area contributed by atoms with Gasteiger partial charge < -0.3 is 9.64 Å². The molecule has 1 unspecified atom stereocenters. The van der Waals surface area contributed by atoms with E-state index in [0.29, 0.717) is 0 Å². The second-order valence-electron chi connectivity index (χ2n) is 13.3. The van der Waals surface area contributed by atoms with Gasteiger partial charge in [-0.05, 0) is 94.0 Å². The summed E-state index contributed by atoms with van der Waals surface area (Å²) >= 11 is 1.86. The number of ether oxygens (including phenoxy) is 1. The molecule has 1 spiro atoms. The number of para-hydroxylation sites is 2. The molecule has 1 atom stereocenters. The topological polar surface area (TPSA) is 12.5 Å². The van der Waals surface area contributed by atoms with Crippen LogP contribution in [-0.4, -0.2) is 0 Å². The van der Waals surface area contributed by atoms with Gasteiger partial charge in [0.1, 0.15) is 11.5 Å². The molecule has 246 valence electrons. The zero-order chi connectivity index (χ0) is 34.5. The standard InChI is InChI=1S/C49H33NOS/c1-4-15-34(16-5-1)35-27-29-38(30-28-35)50(37-19-8-3-9-20-37)39-31-32-45-43(33-39)49(41-22-10-12-24-44(41)51-45)42-23-11-13-25-46(42)52-47-26-14-21-40(48(47)49)36-17-6-2-7-18-36/h1-33H.